The molecule has 0 bridgehead atoms. The van der Waals surface area contributed by atoms with E-state index in [-0.39, 0.29) is 24.5 Å². The van der Waals surface area contributed by atoms with Gasteiger partial charge in [0.05, 0.1) is 12.6 Å². The highest BCUT2D eigenvalue weighted by Crippen LogP contribution is 2.32. The molecule has 0 spiro atoms. The first-order chi connectivity index (χ1) is 17.7. The fraction of sp³-hybridized carbons (Fsp3) is 0.167. The third-order valence-corrected chi connectivity index (χ3v) is 6.30. The molecule has 1 aromatic heterocycles. The maximum atomic E-state index is 13.0. The standard InChI is InChI=1S/C30H27N3O3/c34-28(21-36-20-22-8-3-1-4-9-22)33-17-15-24-18-25(13-14-27(24)33)29(26-12-7-16-31-19-26)32-30(35)23-10-5-2-6-11-23/h1-14,16,18-19,29H,15,17,20-21H2,(H,32,35). The first-order valence-electron chi connectivity index (χ1n) is 12.0. The maximum Gasteiger partial charge on any atom is 0.253 e. The number of anilines is 1. The number of carbonyl (C=O) groups excluding carboxylic acids is 2. The number of carbonyl (C=O) groups is 2. The van der Waals surface area contributed by atoms with Crippen LogP contribution in [0.2, 0.25) is 0 Å². The van der Waals surface area contributed by atoms with Crippen molar-refractivity contribution in [1.82, 2.24) is 10.3 Å². The van der Waals surface area contributed by atoms with Gasteiger partial charge in [-0.05, 0) is 52.9 Å². The number of nitrogens with one attached hydrogen (secondary N) is 1. The quantitative estimate of drug-likeness (QED) is 0.399. The van der Waals surface area contributed by atoms with Crippen molar-refractivity contribution in [3.05, 3.63) is 131 Å². The van der Waals surface area contributed by atoms with Gasteiger partial charge in [-0.3, -0.25) is 14.6 Å². The number of amides is 2. The fourth-order valence-corrected chi connectivity index (χ4v) is 4.48. The highest BCUT2D eigenvalue weighted by Gasteiger charge is 2.27. The van der Waals surface area contributed by atoms with Gasteiger partial charge in [-0.15, -0.1) is 0 Å². The van der Waals surface area contributed by atoms with Gasteiger partial charge in [-0.1, -0.05) is 66.7 Å². The Morgan fingerprint density at radius 1 is 0.917 bits per heavy atom. The average Bonchev–Trinajstić information content (AvgIpc) is 3.36. The highest BCUT2D eigenvalue weighted by atomic mass is 16.5. The fourth-order valence-electron chi connectivity index (χ4n) is 4.48. The molecule has 6 nitrogen and oxygen atoms in total. The van der Waals surface area contributed by atoms with E-state index in [0.29, 0.717) is 18.7 Å². The summed E-state index contributed by atoms with van der Waals surface area (Å²) in [7, 11) is 0. The molecule has 4 aromatic rings. The summed E-state index contributed by atoms with van der Waals surface area (Å²) in [5.74, 6) is -0.212. The minimum Gasteiger partial charge on any atom is -0.367 e. The van der Waals surface area contributed by atoms with E-state index in [1.165, 1.54) is 0 Å². The number of hydrogen-bond acceptors (Lipinski definition) is 4. The minimum atomic E-state index is -0.365. The van der Waals surface area contributed by atoms with Crippen LogP contribution in [-0.2, 0) is 22.6 Å². The van der Waals surface area contributed by atoms with Crippen molar-refractivity contribution in [1.29, 1.82) is 0 Å². The van der Waals surface area contributed by atoms with Crippen LogP contribution in [0, 0.1) is 0 Å². The van der Waals surface area contributed by atoms with Gasteiger partial charge in [-0.25, -0.2) is 0 Å². The Bertz CT molecular complexity index is 1330. The van der Waals surface area contributed by atoms with Crippen LogP contribution in [0.5, 0.6) is 0 Å². The van der Waals surface area contributed by atoms with Gasteiger partial charge in [0, 0.05) is 30.2 Å². The number of aromatic nitrogens is 1. The third kappa shape index (κ3) is 5.34. The van der Waals surface area contributed by atoms with Crippen LogP contribution in [0.1, 0.15) is 38.7 Å². The lowest BCUT2D eigenvalue weighted by molar-refractivity contribution is -0.123. The first kappa shape index (κ1) is 23.5. The van der Waals surface area contributed by atoms with Gasteiger partial charge >= 0.3 is 0 Å². The third-order valence-electron chi connectivity index (χ3n) is 6.30. The van der Waals surface area contributed by atoms with Crippen LogP contribution < -0.4 is 10.2 Å². The lowest BCUT2D eigenvalue weighted by Gasteiger charge is -2.22. The van der Waals surface area contributed by atoms with E-state index in [4.69, 9.17) is 4.74 Å². The summed E-state index contributed by atoms with van der Waals surface area (Å²) in [4.78, 5) is 31.9. The van der Waals surface area contributed by atoms with E-state index in [1.807, 2.05) is 72.8 Å². The summed E-state index contributed by atoms with van der Waals surface area (Å²) in [5, 5.41) is 3.16. The smallest absolute Gasteiger partial charge is 0.253 e. The van der Waals surface area contributed by atoms with Crippen LogP contribution in [0.25, 0.3) is 0 Å². The number of benzene rings is 3. The first-order valence-corrected chi connectivity index (χ1v) is 12.0. The molecule has 1 aliphatic rings. The summed E-state index contributed by atoms with van der Waals surface area (Å²) < 4.78 is 5.67. The Balaban J connectivity index is 1.32. The summed E-state index contributed by atoms with van der Waals surface area (Å²) >= 11 is 0. The molecule has 0 aliphatic carbocycles. The Morgan fingerprint density at radius 2 is 1.69 bits per heavy atom. The van der Waals surface area contributed by atoms with Gasteiger partial charge in [0.15, 0.2) is 0 Å². The van der Waals surface area contributed by atoms with Crippen LogP contribution in [-0.4, -0.2) is 29.9 Å². The molecule has 2 heterocycles. The molecule has 1 N–H and O–H groups in total. The van der Waals surface area contributed by atoms with Crippen LogP contribution in [0.3, 0.4) is 0 Å². The number of hydrogen-bond donors (Lipinski definition) is 1. The molecular formula is C30H27N3O3. The second-order valence-corrected chi connectivity index (χ2v) is 8.72. The number of rotatable bonds is 8. The number of pyridine rings is 1. The second-order valence-electron chi connectivity index (χ2n) is 8.72. The zero-order valence-electron chi connectivity index (χ0n) is 19.8. The lowest BCUT2D eigenvalue weighted by Crippen LogP contribution is -2.32. The molecule has 5 rings (SSSR count). The van der Waals surface area contributed by atoms with Gasteiger partial charge in [0.2, 0.25) is 0 Å². The van der Waals surface area contributed by atoms with Gasteiger partial charge in [0.1, 0.15) is 6.61 Å². The molecule has 1 unspecified atom stereocenters. The molecule has 36 heavy (non-hydrogen) atoms. The SMILES string of the molecule is O=C(NC(c1cccnc1)c1ccc2c(c1)CCN2C(=O)COCc1ccccc1)c1ccccc1. The van der Waals surface area contributed by atoms with Crippen LogP contribution >= 0.6 is 0 Å². The predicted octanol–water partition coefficient (Wildman–Crippen LogP) is 4.71. The molecule has 1 atom stereocenters. The molecule has 1 aliphatic heterocycles. The van der Waals surface area contributed by atoms with E-state index >= 15 is 0 Å². The molecule has 6 heteroatoms. The van der Waals surface area contributed by atoms with Gasteiger partial charge < -0.3 is 15.0 Å². The summed E-state index contributed by atoms with van der Waals surface area (Å²) in [6, 6.07) is 28.4. The Morgan fingerprint density at radius 3 is 2.44 bits per heavy atom. The molecule has 0 saturated heterocycles. The highest BCUT2D eigenvalue weighted by molar-refractivity contribution is 5.96. The molecule has 0 fully saturated rings. The zero-order valence-corrected chi connectivity index (χ0v) is 19.8. The van der Waals surface area contributed by atoms with Crippen molar-refractivity contribution in [2.45, 2.75) is 19.1 Å². The van der Waals surface area contributed by atoms with Crippen molar-refractivity contribution in [3.8, 4) is 0 Å². The molecule has 0 radical (unpaired) electrons. The Kier molecular flexibility index (Phi) is 7.15. The zero-order chi connectivity index (χ0) is 24.7. The van der Waals surface area contributed by atoms with Crippen LogP contribution in [0.4, 0.5) is 5.69 Å². The van der Waals surface area contributed by atoms with E-state index in [1.54, 1.807) is 29.4 Å². The second kappa shape index (κ2) is 11.0. The van der Waals surface area contributed by atoms with Crippen molar-refractivity contribution in [2.24, 2.45) is 0 Å². The predicted molar refractivity (Wildman–Crippen MR) is 139 cm³/mol. The topological polar surface area (TPSA) is 71.5 Å². The molecule has 180 valence electrons. The lowest BCUT2D eigenvalue weighted by atomic mass is 9.97. The largest absolute Gasteiger partial charge is 0.367 e. The van der Waals surface area contributed by atoms with E-state index in [9.17, 15) is 9.59 Å². The van der Waals surface area contributed by atoms with Gasteiger partial charge in [0.25, 0.3) is 11.8 Å². The van der Waals surface area contributed by atoms with Crippen molar-refractivity contribution < 1.29 is 14.3 Å². The van der Waals surface area contributed by atoms with E-state index in [2.05, 4.69) is 16.4 Å². The van der Waals surface area contributed by atoms with E-state index < -0.39 is 0 Å². The van der Waals surface area contributed by atoms with Crippen molar-refractivity contribution in [3.63, 3.8) is 0 Å². The number of nitrogens with zero attached hydrogens (tertiary/aromatic N) is 2. The summed E-state index contributed by atoms with van der Waals surface area (Å²) in [5.41, 5.74) is 5.44. The summed E-state index contributed by atoms with van der Waals surface area (Å²) in [6.07, 6.45) is 4.23. The van der Waals surface area contributed by atoms with E-state index in [0.717, 1.165) is 34.4 Å². The van der Waals surface area contributed by atoms with Crippen molar-refractivity contribution in [2.75, 3.05) is 18.1 Å². The minimum absolute atomic E-state index is 0.0293. The van der Waals surface area contributed by atoms with Gasteiger partial charge in [-0.2, -0.15) is 0 Å². The number of fused-ring (bicyclic) bond motifs is 1. The number of ether oxygens (including phenoxy) is 1. The Hall–Kier alpha value is -4.29. The molecule has 0 saturated carbocycles. The molecular weight excluding hydrogens is 450 g/mol. The van der Waals surface area contributed by atoms with Crippen molar-refractivity contribution >= 4 is 17.5 Å². The molecule has 3 aromatic carbocycles. The Labute approximate surface area is 210 Å². The normalized spacial score (nSPS) is 13.2. The maximum absolute atomic E-state index is 13.0. The van der Waals surface area contributed by atoms with Crippen LogP contribution in [0.15, 0.2) is 103 Å². The molecule has 2 amide bonds. The summed E-state index contributed by atoms with van der Waals surface area (Å²) in [6.45, 7) is 1.04. The average molecular weight is 478 g/mol. The monoisotopic (exact) mass is 477 g/mol.